The van der Waals surface area contributed by atoms with Crippen LogP contribution in [-0.2, 0) is 26.8 Å². The van der Waals surface area contributed by atoms with E-state index in [0.717, 1.165) is 0 Å². The molecule has 130 valence electrons. The van der Waals surface area contributed by atoms with E-state index in [1.54, 1.807) is 42.5 Å². The summed E-state index contributed by atoms with van der Waals surface area (Å²) < 4.78 is 25.1. The lowest BCUT2D eigenvalue weighted by Crippen LogP contribution is -2.32. The number of hydrogen-bond acceptors (Lipinski definition) is 6. The maximum atomic E-state index is 12.6. The number of aliphatic carboxylic acids is 1. The number of hydrogen-bond donors (Lipinski definition) is 3. The van der Waals surface area contributed by atoms with Gasteiger partial charge in [-0.2, -0.15) is 0 Å². The van der Waals surface area contributed by atoms with Crippen LogP contribution in [0.25, 0.3) is 11.0 Å². The van der Waals surface area contributed by atoms with E-state index in [2.05, 4.69) is 15.0 Å². The molecule has 0 fully saturated rings. The molecule has 2 aromatic heterocycles. The summed E-state index contributed by atoms with van der Waals surface area (Å²) in [4.78, 5) is 21.9. The number of nitrogens with zero attached hydrogens (tertiary/aromatic N) is 2. The predicted octanol–water partition coefficient (Wildman–Crippen LogP) is 0.886. The van der Waals surface area contributed by atoms with Gasteiger partial charge in [-0.15, -0.1) is 0 Å². The standard InChI is InChI=1S/C16H16N4O4S/c17-12(15(21)22)8-10-4-3-5-11(18-10)9-25(23,24)16-19-13-6-1-2-7-14(13)20-16/h1-7,12H,8-9,17H2,(H,19,20)(H,21,22). The van der Waals surface area contributed by atoms with Crippen molar-refractivity contribution in [2.45, 2.75) is 23.4 Å². The number of imidazole rings is 1. The molecule has 1 atom stereocenters. The van der Waals surface area contributed by atoms with E-state index in [-0.39, 0.29) is 17.3 Å². The number of carboxylic acid groups (broad SMARTS) is 1. The number of rotatable bonds is 6. The van der Waals surface area contributed by atoms with Crippen molar-refractivity contribution in [3.63, 3.8) is 0 Å². The molecule has 0 saturated heterocycles. The monoisotopic (exact) mass is 360 g/mol. The van der Waals surface area contributed by atoms with Crippen molar-refractivity contribution in [1.29, 1.82) is 0 Å². The highest BCUT2D eigenvalue weighted by atomic mass is 32.2. The molecule has 8 nitrogen and oxygen atoms in total. The molecule has 25 heavy (non-hydrogen) atoms. The van der Waals surface area contributed by atoms with E-state index in [1.165, 1.54) is 0 Å². The number of sulfone groups is 1. The number of carbonyl (C=O) groups is 1. The van der Waals surface area contributed by atoms with Crippen LogP contribution >= 0.6 is 0 Å². The highest BCUT2D eigenvalue weighted by Gasteiger charge is 2.21. The van der Waals surface area contributed by atoms with Crippen molar-refractivity contribution >= 4 is 26.8 Å². The zero-order valence-corrected chi connectivity index (χ0v) is 13.9. The Hall–Kier alpha value is -2.78. The third-order valence-corrected chi connectivity index (χ3v) is 5.07. The number of benzene rings is 1. The van der Waals surface area contributed by atoms with E-state index >= 15 is 0 Å². The SMILES string of the molecule is NC(Cc1cccc(CS(=O)(=O)c2nc3ccccc3[nH]2)n1)C(=O)O. The van der Waals surface area contributed by atoms with Gasteiger partial charge in [0.2, 0.25) is 15.0 Å². The second-order valence-corrected chi connectivity index (χ2v) is 7.49. The van der Waals surface area contributed by atoms with Crippen LogP contribution in [0.3, 0.4) is 0 Å². The number of para-hydroxylation sites is 2. The minimum Gasteiger partial charge on any atom is -0.480 e. The molecule has 0 radical (unpaired) electrons. The highest BCUT2D eigenvalue weighted by molar-refractivity contribution is 7.90. The Morgan fingerprint density at radius 2 is 1.84 bits per heavy atom. The molecule has 0 bridgehead atoms. The summed E-state index contributed by atoms with van der Waals surface area (Å²) in [6.45, 7) is 0. The fourth-order valence-corrected chi connectivity index (χ4v) is 3.57. The van der Waals surface area contributed by atoms with Gasteiger partial charge in [0.25, 0.3) is 0 Å². The molecule has 0 aliphatic carbocycles. The topological polar surface area (TPSA) is 139 Å². The summed E-state index contributed by atoms with van der Waals surface area (Å²) in [7, 11) is -3.71. The van der Waals surface area contributed by atoms with Gasteiger partial charge >= 0.3 is 5.97 Å². The van der Waals surface area contributed by atoms with Crippen molar-refractivity contribution in [3.8, 4) is 0 Å². The van der Waals surface area contributed by atoms with E-state index < -0.39 is 21.8 Å². The molecular weight excluding hydrogens is 344 g/mol. The van der Waals surface area contributed by atoms with Crippen molar-refractivity contribution in [2.24, 2.45) is 5.73 Å². The average Bonchev–Trinajstić information content (AvgIpc) is 2.99. The van der Waals surface area contributed by atoms with Crippen LogP contribution < -0.4 is 5.73 Å². The molecule has 4 N–H and O–H groups in total. The van der Waals surface area contributed by atoms with Crippen LogP contribution in [-0.4, -0.2) is 40.5 Å². The number of H-pyrrole nitrogens is 1. The van der Waals surface area contributed by atoms with Gasteiger partial charge in [0.15, 0.2) is 0 Å². The molecule has 0 aliphatic rings. The number of fused-ring (bicyclic) bond motifs is 1. The Labute approximate surface area is 143 Å². The van der Waals surface area contributed by atoms with Gasteiger partial charge in [-0.3, -0.25) is 9.78 Å². The fraction of sp³-hybridized carbons (Fsp3) is 0.188. The fourth-order valence-electron chi connectivity index (χ4n) is 2.38. The first-order valence-electron chi connectivity index (χ1n) is 7.46. The summed E-state index contributed by atoms with van der Waals surface area (Å²) in [5.74, 6) is -1.48. The lowest BCUT2D eigenvalue weighted by molar-refractivity contribution is -0.138. The van der Waals surface area contributed by atoms with E-state index in [9.17, 15) is 13.2 Å². The lowest BCUT2D eigenvalue weighted by atomic mass is 10.1. The summed E-state index contributed by atoms with van der Waals surface area (Å²) in [6.07, 6.45) is 0.0217. The van der Waals surface area contributed by atoms with Gasteiger partial charge in [0, 0.05) is 12.1 Å². The molecule has 3 rings (SSSR count). The molecule has 0 spiro atoms. The Bertz CT molecular complexity index is 996. The van der Waals surface area contributed by atoms with E-state index in [1.807, 2.05) is 0 Å². The number of pyridine rings is 1. The van der Waals surface area contributed by atoms with Gasteiger partial charge < -0.3 is 15.8 Å². The Balaban J connectivity index is 1.84. The molecule has 1 aromatic carbocycles. The minimum atomic E-state index is -3.71. The van der Waals surface area contributed by atoms with E-state index in [4.69, 9.17) is 10.8 Å². The van der Waals surface area contributed by atoms with E-state index in [0.29, 0.717) is 22.4 Å². The third-order valence-electron chi connectivity index (χ3n) is 3.61. The quantitative estimate of drug-likeness (QED) is 0.593. The highest BCUT2D eigenvalue weighted by Crippen LogP contribution is 2.17. The molecule has 0 saturated carbocycles. The number of carboxylic acids is 1. The van der Waals surface area contributed by atoms with Crippen LogP contribution in [0, 0.1) is 0 Å². The largest absolute Gasteiger partial charge is 0.480 e. The Morgan fingerprint density at radius 3 is 2.56 bits per heavy atom. The van der Waals surface area contributed by atoms with Crippen LogP contribution in [0.15, 0.2) is 47.6 Å². The maximum absolute atomic E-state index is 12.6. The molecule has 9 heteroatoms. The number of nitrogens with two attached hydrogens (primary N) is 1. The predicted molar refractivity (Wildman–Crippen MR) is 90.5 cm³/mol. The molecule has 0 aliphatic heterocycles. The Kier molecular flexibility index (Phi) is 4.51. The van der Waals surface area contributed by atoms with Gasteiger partial charge in [-0.05, 0) is 24.3 Å². The number of nitrogens with one attached hydrogen (secondary N) is 1. The Morgan fingerprint density at radius 1 is 1.12 bits per heavy atom. The summed E-state index contributed by atoms with van der Waals surface area (Å²) in [6, 6.07) is 10.7. The summed E-state index contributed by atoms with van der Waals surface area (Å²) >= 11 is 0. The first-order chi connectivity index (χ1) is 11.8. The minimum absolute atomic E-state index is 0.0217. The number of aromatic amines is 1. The smallest absolute Gasteiger partial charge is 0.320 e. The third kappa shape index (κ3) is 3.83. The zero-order valence-electron chi connectivity index (χ0n) is 13.1. The summed E-state index contributed by atoms with van der Waals surface area (Å²) in [5.41, 5.74) is 7.41. The van der Waals surface area contributed by atoms with Crippen LogP contribution in [0.5, 0.6) is 0 Å². The zero-order chi connectivity index (χ0) is 18.0. The van der Waals surface area contributed by atoms with Gasteiger partial charge in [0.1, 0.15) is 11.8 Å². The van der Waals surface area contributed by atoms with Gasteiger partial charge in [-0.25, -0.2) is 13.4 Å². The van der Waals surface area contributed by atoms with Crippen LogP contribution in [0.1, 0.15) is 11.4 Å². The van der Waals surface area contributed by atoms with Crippen molar-refractivity contribution in [1.82, 2.24) is 15.0 Å². The molecular formula is C16H16N4O4S. The van der Waals surface area contributed by atoms with Crippen molar-refractivity contribution in [2.75, 3.05) is 0 Å². The lowest BCUT2D eigenvalue weighted by Gasteiger charge is -2.07. The summed E-state index contributed by atoms with van der Waals surface area (Å²) in [5, 5.41) is 8.73. The average molecular weight is 360 g/mol. The first-order valence-corrected chi connectivity index (χ1v) is 9.11. The number of aromatic nitrogens is 3. The van der Waals surface area contributed by atoms with Gasteiger partial charge in [-0.1, -0.05) is 18.2 Å². The normalized spacial score (nSPS) is 13.0. The molecule has 3 aromatic rings. The van der Waals surface area contributed by atoms with Gasteiger partial charge in [0.05, 0.1) is 16.7 Å². The van der Waals surface area contributed by atoms with Crippen molar-refractivity contribution in [3.05, 3.63) is 53.9 Å². The molecule has 1 unspecified atom stereocenters. The first kappa shape index (κ1) is 17.1. The van der Waals surface area contributed by atoms with Crippen LogP contribution in [0.4, 0.5) is 0 Å². The molecule has 0 amide bonds. The van der Waals surface area contributed by atoms with Crippen molar-refractivity contribution < 1.29 is 18.3 Å². The second-order valence-electron chi connectivity index (χ2n) is 5.59. The maximum Gasteiger partial charge on any atom is 0.320 e. The second kappa shape index (κ2) is 6.61. The van der Waals surface area contributed by atoms with Crippen LogP contribution in [0.2, 0.25) is 0 Å². The molecule has 2 heterocycles.